The van der Waals surface area contributed by atoms with Crippen molar-refractivity contribution in [1.82, 2.24) is 9.80 Å². The molecule has 0 aliphatic carbocycles. The van der Waals surface area contributed by atoms with E-state index < -0.39 is 0 Å². The second kappa shape index (κ2) is 10.2. The molecule has 2 heteroatoms. The minimum atomic E-state index is 0.639. The van der Waals surface area contributed by atoms with E-state index in [9.17, 15) is 0 Å². The molecule has 0 N–H and O–H groups in total. The van der Waals surface area contributed by atoms with Crippen LogP contribution in [0.25, 0.3) is 0 Å². The number of hydrogen-bond donors (Lipinski definition) is 0. The van der Waals surface area contributed by atoms with E-state index in [4.69, 9.17) is 0 Å². The Kier molecular flexibility index (Phi) is 8.77. The summed E-state index contributed by atoms with van der Waals surface area (Å²) in [6.45, 7) is 9.16. The Balaban J connectivity index is 2.14. The maximum atomic E-state index is 2.53. The first-order valence-electron chi connectivity index (χ1n) is 8.53. The van der Waals surface area contributed by atoms with Crippen LogP contribution in [-0.2, 0) is 0 Å². The van der Waals surface area contributed by atoms with Gasteiger partial charge in [0.1, 0.15) is 6.17 Å². The van der Waals surface area contributed by atoms with Crippen LogP contribution in [0.15, 0.2) is 12.4 Å². The first-order valence-corrected chi connectivity index (χ1v) is 8.53. The van der Waals surface area contributed by atoms with Crippen molar-refractivity contribution in [2.24, 2.45) is 0 Å². The van der Waals surface area contributed by atoms with Gasteiger partial charge in [-0.2, -0.15) is 0 Å². The number of hydrogen-bond acceptors (Lipinski definition) is 2. The Labute approximate surface area is 120 Å². The van der Waals surface area contributed by atoms with Crippen LogP contribution in [0.3, 0.4) is 0 Å². The van der Waals surface area contributed by atoms with Crippen molar-refractivity contribution < 1.29 is 0 Å². The summed E-state index contributed by atoms with van der Waals surface area (Å²) in [4.78, 5) is 5.02. The lowest BCUT2D eigenvalue weighted by Crippen LogP contribution is -2.38. The van der Waals surface area contributed by atoms with Gasteiger partial charge in [0.25, 0.3) is 0 Å². The van der Waals surface area contributed by atoms with E-state index in [0.717, 1.165) is 6.54 Å². The molecule has 0 aromatic heterocycles. The normalized spacial score (nSPS) is 18.6. The fraction of sp³-hybridized carbons (Fsp3) is 0.882. The molecule has 0 aromatic rings. The quantitative estimate of drug-likeness (QED) is 0.487. The average Bonchev–Trinajstić information content (AvgIpc) is 2.80. The van der Waals surface area contributed by atoms with E-state index in [-0.39, 0.29) is 0 Å². The van der Waals surface area contributed by atoms with E-state index in [1.807, 2.05) is 0 Å². The van der Waals surface area contributed by atoms with Gasteiger partial charge in [0, 0.05) is 25.5 Å². The van der Waals surface area contributed by atoms with Crippen molar-refractivity contribution in [3.8, 4) is 0 Å². The molecule has 0 saturated heterocycles. The van der Waals surface area contributed by atoms with Gasteiger partial charge in [-0.1, -0.05) is 52.4 Å². The first-order chi connectivity index (χ1) is 9.33. The lowest BCUT2D eigenvalue weighted by atomic mass is 10.1. The largest absolute Gasteiger partial charge is 0.356 e. The summed E-state index contributed by atoms with van der Waals surface area (Å²) in [5.74, 6) is 0. The van der Waals surface area contributed by atoms with Gasteiger partial charge in [-0.15, -0.1) is 0 Å². The van der Waals surface area contributed by atoms with E-state index in [1.54, 1.807) is 0 Å². The number of unbranched alkanes of at least 4 members (excludes halogenated alkanes) is 6. The summed E-state index contributed by atoms with van der Waals surface area (Å²) in [5.41, 5.74) is 0. The SMILES string of the molecule is CCCCCCCCCC1N(CC)C=CN1CCC. The van der Waals surface area contributed by atoms with Crippen molar-refractivity contribution in [2.75, 3.05) is 13.1 Å². The lowest BCUT2D eigenvalue weighted by Gasteiger charge is -2.32. The Bertz CT molecular complexity index is 237. The molecule has 1 aliphatic rings. The van der Waals surface area contributed by atoms with Crippen LogP contribution in [0.1, 0.15) is 78.6 Å². The Hall–Kier alpha value is -0.660. The maximum Gasteiger partial charge on any atom is 0.101 e. The third kappa shape index (κ3) is 5.88. The highest BCUT2D eigenvalue weighted by atomic mass is 15.4. The summed E-state index contributed by atoms with van der Waals surface area (Å²) in [7, 11) is 0. The van der Waals surface area contributed by atoms with Gasteiger partial charge in [0.2, 0.25) is 0 Å². The summed E-state index contributed by atoms with van der Waals surface area (Å²) < 4.78 is 0. The average molecular weight is 266 g/mol. The Morgan fingerprint density at radius 1 is 0.737 bits per heavy atom. The van der Waals surface area contributed by atoms with Crippen LogP contribution >= 0.6 is 0 Å². The molecule has 1 aliphatic heterocycles. The van der Waals surface area contributed by atoms with Crippen LogP contribution in [-0.4, -0.2) is 29.1 Å². The minimum absolute atomic E-state index is 0.639. The Morgan fingerprint density at radius 3 is 2.00 bits per heavy atom. The molecule has 0 saturated carbocycles. The van der Waals surface area contributed by atoms with Gasteiger partial charge in [-0.05, 0) is 26.2 Å². The van der Waals surface area contributed by atoms with E-state index >= 15 is 0 Å². The first kappa shape index (κ1) is 16.4. The zero-order chi connectivity index (χ0) is 13.9. The van der Waals surface area contributed by atoms with Crippen molar-refractivity contribution in [1.29, 1.82) is 0 Å². The Morgan fingerprint density at radius 2 is 1.37 bits per heavy atom. The summed E-state index contributed by atoms with van der Waals surface area (Å²) >= 11 is 0. The summed E-state index contributed by atoms with van der Waals surface area (Å²) in [5, 5.41) is 0. The van der Waals surface area contributed by atoms with Gasteiger partial charge in [0.05, 0.1) is 0 Å². The van der Waals surface area contributed by atoms with Gasteiger partial charge in [-0.25, -0.2) is 0 Å². The zero-order valence-corrected chi connectivity index (χ0v) is 13.4. The summed E-state index contributed by atoms with van der Waals surface area (Å²) in [6.07, 6.45) is 17.7. The second-order valence-electron chi connectivity index (χ2n) is 5.76. The molecule has 0 amide bonds. The maximum absolute atomic E-state index is 2.53. The lowest BCUT2D eigenvalue weighted by molar-refractivity contribution is 0.144. The topological polar surface area (TPSA) is 6.48 Å². The van der Waals surface area contributed by atoms with E-state index in [0.29, 0.717) is 6.17 Å². The van der Waals surface area contributed by atoms with Crippen LogP contribution in [0.4, 0.5) is 0 Å². The van der Waals surface area contributed by atoms with Crippen molar-refractivity contribution in [3.05, 3.63) is 12.4 Å². The van der Waals surface area contributed by atoms with Gasteiger partial charge in [0.15, 0.2) is 0 Å². The molecular weight excluding hydrogens is 232 g/mol. The predicted octanol–water partition coefficient (Wildman–Crippen LogP) is 4.97. The van der Waals surface area contributed by atoms with E-state index in [2.05, 4.69) is 43.0 Å². The highest BCUT2D eigenvalue weighted by molar-refractivity contribution is 4.96. The third-order valence-electron chi connectivity index (χ3n) is 4.13. The van der Waals surface area contributed by atoms with Crippen LogP contribution in [0, 0.1) is 0 Å². The van der Waals surface area contributed by atoms with Crippen molar-refractivity contribution in [3.63, 3.8) is 0 Å². The van der Waals surface area contributed by atoms with Gasteiger partial charge < -0.3 is 9.80 Å². The summed E-state index contributed by atoms with van der Waals surface area (Å²) in [6, 6.07) is 0. The van der Waals surface area contributed by atoms with Crippen molar-refractivity contribution >= 4 is 0 Å². The van der Waals surface area contributed by atoms with Crippen LogP contribution in [0.2, 0.25) is 0 Å². The molecule has 1 unspecified atom stereocenters. The van der Waals surface area contributed by atoms with Gasteiger partial charge in [-0.3, -0.25) is 0 Å². The van der Waals surface area contributed by atoms with E-state index in [1.165, 1.54) is 64.3 Å². The predicted molar refractivity (Wildman–Crippen MR) is 84.9 cm³/mol. The molecule has 0 spiro atoms. The molecule has 0 radical (unpaired) electrons. The molecule has 0 bridgehead atoms. The standard InChI is InChI=1S/C17H34N2/c1-4-7-8-9-10-11-12-13-17-18(6-3)15-16-19(17)14-5-2/h15-17H,4-14H2,1-3H3. The third-order valence-corrected chi connectivity index (χ3v) is 4.13. The monoisotopic (exact) mass is 266 g/mol. The fourth-order valence-corrected chi connectivity index (χ4v) is 2.97. The van der Waals surface area contributed by atoms with Crippen LogP contribution < -0.4 is 0 Å². The number of rotatable bonds is 11. The molecule has 1 heterocycles. The molecule has 1 rings (SSSR count). The molecule has 19 heavy (non-hydrogen) atoms. The molecule has 1 atom stereocenters. The highest BCUT2D eigenvalue weighted by Gasteiger charge is 2.23. The molecule has 0 fully saturated rings. The molecule has 112 valence electrons. The smallest absolute Gasteiger partial charge is 0.101 e. The fourth-order valence-electron chi connectivity index (χ4n) is 2.97. The highest BCUT2D eigenvalue weighted by Crippen LogP contribution is 2.21. The minimum Gasteiger partial charge on any atom is -0.356 e. The second-order valence-corrected chi connectivity index (χ2v) is 5.76. The van der Waals surface area contributed by atoms with Gasteiger partial charge >= 0.3 is 0 Å². The molecular formula is C17H34N2. The molecule has 0 aromatic carbocycles. The van der Waals surface area contributed by atoms with Crippen LogP contribution in [0.5, 0.6) is 0 Å². The van der Waals surface area contributed by atoms with Crippen molar-refractivity contribution in [2.45, 2.75) is 84.7 Å². The molecule has 2 nitrogen and oxygen atoms in total. The zero-order valence-electron chi connectivity index (χ0n) is 13.4. The number of nitrogens with zero attached hydrogens (tertiary/aromatic N) is 2.